The largest absolute Gasteiger partial charge is 0.499 e. The molecule has 0 spiro atoms. The summed E-state index contributed by atoms with van der Waals surface area (Å²) in [6, 6.07) is 45.5. The van der Waals surface area contributed by atoms with Gasteiger partial charge in [0.25, 0.3) is 0 Å². The fourth-order valence-electron chi connectivity index (χ4n) is 7.30. The average Bonchev–Trinajstić information content (AvgIpc) is 3.74. The molecule has 1 radical (unpaired) electrons. The Balaban J connectivity index is 0.000000237. The first-order valence-electron chi connectivity index (χ1n) is 15.8. The number of nitrogens with zero attached hydrogens (tertiary/aromatic N) is 3. The third kappa shape index (κ3) is 5.16. The number of aromatic nitrogens is 2. The molecule has 8 aromatic rings. The molecule has 0 bridgehead atoms. The zero-order valence-electron chi connectivity index (χ0n) is 27.1. The second kappa shape index (κ2) is 12.4. The number of rotatable bonds is 3. The van der Waals surface area contributed by atoms with Gasteiger partial charge in [0.1, 0.15) is 5.58 Å². The number of furan rings is 1. The van der Waals surface area contributed by atoms with E-state index in [1.165, 1.54) is 26.2 Å². The molecule has 0 unspecified atom stereocenters. The van der Waals surface area contributed by atoms with E-state index in [9.17, 15) is 0 Å². The zero-order chi connectivity index (χ0) is 32.2. The number of para-hydroxylation sites is 1. The van der Waals surface area contributed by atoms with Gasteiger partial charge in [-0.3, -0.25) is 0 Å². The molecule has 0 saturated carbocycles. The van der Waals surface area contributed by atoms with Gasteiger partial charge in [0, 0.05) is 59.4 Å². The summed E-state index contributed by atoms with van der Waals surface area (Å²) in [5.74, 6) is 0. The molecule has 1 aliphatic rings. The summed E-state index contributed by atoms with van der Waals surface area (Å²) in [5.41, 5.74) is 7.97. The minimum Gasteiger partial charge on any atom is -0.499 e. The van der Waals surface area contributed by atoms with Gasteiger partial charge in [-0.25, -0.2) is 0 Å². The van der Waals surface area contributed by atoms with E-state index >= 15 is 0 Å². The molecule has 0 N–H and O–H groups in total. The van der Waals surface area contributed by atoms with Crippen molar-refractivity contribution in [1.82, 2.24) is 9.97 Å². The third-order valence-corrected chi connectivity index (χ3v) is 10.6. The van der Waals surface area contributed by atoms with Gasteiger partial charge < -0.3 is 19.3 Å². The number of benzene rings is 4. The fraction of sp³-hybridized carbons (Fsp3) is 0.143. The van der Waals surface area contributed by atoms with E-state index in [4.69, 9.17) is 4.42 Å². The third-order valence-electron chi connectivity index (χ3n) is 9.13. The number of fused-ring (bicyclic) bond motifs is 7. The molecular weight excluding hydrogens is 787 g/mol. The van der Waals surface area contributed by atoms with Crippen molar-refractivity contribution in [2.24, 2.45) is 0 Å². The first-order valence-corrected chi connectivity index (χ1v) is 16.7. The average molecular weight is 820 g/mol. The monoisotopic (exact) mass is 820 g/mol. The molecule has 0 amide bonds. The zero-order valence-corrected chi connectivity index (χ0v) is 30.3. The van der Waals surface area contributed by atoms with Crippen molar-refractivity contribution >= 4 is 49.0 Å². The molecular formula is C42H33IrN3OS-2. The van der Waals surface area contributed by atoms with Gasteiger partial charge in [-0.1, -0.05) is 65.5 Å². The van der Waals surface area contributed by atoms with Crippen LogP contribution in [0.4, 0.5) is 5.69 Å². The van der Waals surface area contributed by atoms with Gasteiger partial charge in [-0.15, -0.1) is 65.4 Å². The Labute approximate surface area is 298 Å². The number of anilines is 1. The Morgan fingerprint density at radius 1 is 0.625 bits per heavy atom. The van der Waals surface area contributed by atoms with Gasteiger partial charge in [-0.05, 0) is 63.3 Å². The minimum atomic E-state index is -0.162. The van der Waals surface area contributed by atoms with E-state index in [0.29, 0.717) is 0 Å². The molecule has 9 rings (SSSR count). The summed E-state index contributed by atoms with van der Waals surface area (Å²) in [5, 5.41) is 3.55. The van der Waals surface area contributed by atoms with Gasteiger partial charge in [0.05, 0.1) is 21.4 Å². The van der Waals surface area contributed by atoms with E-state index in [-0.39, 0.29) is 31.2 Å². The van der Waals surface area contributed by atoms with Crippen LogP contribution in [0.3, 0.4) is 0 Å². The SMILES string of the molecule is CC1(C)c2sc3c(ccc4c5cc[c-]c(-c6ccccn6)c5oc43)c2C(C)(C)N1c1ccccc1.[Ir].[c-]1ccccc1-c1ccccn1. The quantitative estimate of drug-likeness (QED) is 0.167. The maximum atomic E-state index is 6.66. The summed E-state index contributed by atoms with van der Waals surface area (Å²) in [4.78, 5) is 12.7. The van der Waals surface area contributed by atoms with Gasteiger partial charge in [0.15, 0.2) is 0 Å². The second-order valence-corrected chi connectivity index (χ2v) is 13.8. The topological polar surface area (TPSA) is 42.2 Å². The predicted octanol–water partition coefficient (Wildman–Crippen LogP) is 11.2. The molecule has 0 fully saturated rings. The second-order valence-electron chi connectivity index (χ2n) is 12.8. The molecule has 4 nitrogen and oxygen atoms in total. The Morgan fingerprint density at radius 2 is 1.29 bits per heavy atom. The Morgan fingerprint density at radius 3 is 1.98 bits per heavy atom. The first kappa shape index (κ1) is 32.0. The van der Waals surface area contributed by atoms with Crippen LogP contribution in [0.25, 0.3) is 54.5 Å². The maximum absolute atomic E-state index is 6.66. The van der Waals surface area contributed by atoms with Crippen molar-refractivity contribution in [3.8, 4) is 22.5 Å². The molecule has 5 heterocycles. The summed E-state index contributed by atoms with van der Waals surface area (Å²) < 4.78 is 7.89. The fourth-order valence-corrected chi connectivity index (χ4v) is 8.83. The van der Waals surface area contributed by atoms with E-state index in [2.05, 4.69) is 103 Å². The van der Waals surface area contributed by atoms with Crippen LogP contribution in [0.1, 0.15) is 38.1 Å². The van der Waals surface area contributed by atoms with E-state index in [1.54, 1.807) is 6.20 Å². The molecule has 4 aromatic carbocycles. The van der Waals surface area contributed by atoms with Crippen molar-refractivity contribution in [2.45, 2.75) is 38.8 Å². The van der Waals surface area contributed by atoms with Crippen molar-refractivity contribution in [1.29, 1.82) is 0 Å². The molecule has 6 heteroatoms. The standard InChI is InChI=1S/C31H25N2OS.C11H8N.Ir/c1-30(2)25-23-17-16-21-20-13-10-14-22(24-15-8-9-18-32-24)26(20)34-27(21)28(23)35-29(25)31(3,4)33(30)19-11-6-5-7-12-19;1-2-6-10(7-3-1)11-8-4-5-9-12-11;/h5-13,15-18H,1-4H3;1-6,8-9H;/q2*-1;. The van der Waals surface area contributed by atoms with Crippen LogP contribution in [-0.4, -0.2) is 9.97 Å². The van der Waals surface area contributed by atoms with Gasteiger partial charge in [-0.2, -0.15) is 0 Å². The number of thiophene rings is 1. The summed E-state index contributed by atoms with van der Waals surface area (Å²) in [6.45, 7) is 9.37. The molecule has 4 aromatic heterocycles. The molecule has 0 atom stereocenters. The van der Waals surface area contributed by atoms with Gasteiger partial charge in [0.2, 0.25) is 0 Å². The van der Waals surface area contributed by atoms with E-state index < -0.39 is 0 Å². The summed E-state index contributed by atoms with van der Waals surface area (Å²) in [6.07, 6.45) is 3.60. The van der Waals surface area contributed by atoms with Crippen LogP contribution in [0.5, 0.6) is 0 Å². The predicted molar refractivity (Wildman–Crippen MR) is 195 cm³/mol. The Bertz CT molecular complexity index is 2310. The van der Waals surface area contributed by atoms with Crippen LogP contribution in [0.2, 0.25) is 0 Å². The molecule has 1 aliphatic heterocycles. The Kier molecular flexibility index (Phi) is 8.29. The molecule has 48 heavy (non-hydrogen) atoms. The maximum Gasteiger partial charge on any atom is 0.138 e. The van der Waals surface area contributed by atoms with E-state index in [0.717, 1.165) is 44.5 Å². The van der Waals surface area contributed by atoms with Crippen molar-refractivity contribution < 1.29 is 24.5 Å². The smallest absolute Gasteiger partial charge is 0.138 e. The summed E-state index contributed by atoms with van der Waals surface area (Å²) >= 11 is 1.88. The Hall–Kier alpha value is -4.61. The van der Waals surface area contributed by atoms with Crippen LogP contribution in [-0.2, 0) is 31.2 Å². The first-order chi connectivity index (χ1) is 22.9. The van der Waals surface area contributed by atoms with Crippen molar-refractivity contribution in [2.75, 3.05) is 4.90 Å². The molecule has 239 valence electrons. The number of hydrogen-bond donors (Lipinski definition) is 0. The molecule has 0 saturated heterocycles. The van der Waals surface area contributed by atoms with Crippen LogP contribution in [0, 0.1) is 12.1 Å². The normalized spacial score (nSPS) is 14.4. The minimum absolute atomic E-state index is 0. The van der Waals surface area contributed by atoms with Crippen LogP contribution in [0.15, 0.2) is 132 Å². The van der Waals surface area contributed by atoms with Crippen LogP contribution >= 0.6 is 11.3 Å². The number of hydrogen-bond acceptors (Lipinski definition) is 5. The van der Waals surface area contributed by atoms with Gasteiger partial charge >= 0.3 is 0 Å². The van der Waals surface area contributed by atoms with Crippen LogP contribution < -0.4 is 4.90 Å². The van der Waals surface area contributed by atoms with Crippen molar-refractivity contribution in [3.05, 3.63) is 150 Å². The van der Waals surface area contributed by atoms with Crippen molar-refractivity contribution in [3.63, 3.8) is 0 Å². The van der Waals surface area contributed by atoms with E-state index in [1.807, 2.05) is 84.3 Å². The number of pyridine rings is 2. The summed E-state index contributed by atoms with van der Waals surface area (Å²) in [7, 11) is 0. The molecule has 0 aliphatic carbocycles.